The fraction of sp³-hybridized carbons (Fsp3) is 0.522. The fourth-order valence-corrected chi connectivity index (χ4v) is 5.41. The highest BCUT2D eigenvalue weighted by Gasteiger charge is 2.58. The van der Waals surface area contributed by atoms with Crippen LogP contribution in [0.5, 0.6) is 0 Å². The average molecular weight is 425 g/mol. The number of aryl methyl sites for hydroxylation is 2. The molecule has 3 saturated heterocycles. The molecule has 8 nitrogen and oxygen atoms in total. The molecule has 1 spiro atoms. The van der Waals surface area contributed by atoms with Crippen LogP contribution in [-0.4, -0.2) is 76.2 Å². The number of hydrogen-bond donors (Lipinski definition) is 0. The molecule has 2 amide bonds. The Balaban J connectivity index is 1.43. The predicted molar refractivity (Wildman–Crippen MR) is 112 cm³/mol. The Morgan fingerprint density at radius 2 is 1.90 bits per heavy atom. The summed E-state index contributed by atoms with van der Waals surface area (Å²) in [6.07, 6.45) is 1.58. The van der Waals surface area contributed by atoms with Gasteiger partial charge in [-0.15, -0.1) is 0 Å². The molecule has 0 unspecified atom stereocenters. The Bertz CT molecular complexity index is 963. The quantitative estimate of drug-likeness (QED) is 0.750. The van der Waals surface area contributed by atoms with Gasteiger partial charge in [0.2, 0.25) is 5.91 Å². The summed E-state index contributed by atoms with van der Waals surface area (Å²) in [5.74, 6) is 0.516. The van der Waals surface area contributed by atoms with Gasteiger partial charge in [0, 0.05) is 39.0 Å². The first-order valence-corrected chi connectivity index (χ1v) is 10.9. The van der Waals surface area contributed by atoms with Crippen molar-refractivity contribution in [3.05, 3.63) is 52.9 Å². The minimum Gasteiger partial charge on any atom is -0.381 e. The van der Waals surface area contributed by atoms with Gasteiger partial charge in [0.05, 0.1) is 18.9 Å². The molecule has 0 aliphatic carbocycles. The molecule has 3 aliphatic heterocycles. The third-order valence-electron chi connectivity index (χ3n) is 6.98. The molecule has 0 bridgehead atoms. The van der Waals surface area contributed by atoms with Crippen LogP contribution in [0.25, 0.3) is 0 Å². The van der Waals surface area contributed by atoms with Crippen molar-refractivity contribution in [3.8, 4) is 0 Å². The number of hydrogen-bond acceptors (Lipinski definition) is 6. The minimum absolute atomic E-state index is 0.0991. The van der Waals surface area contributed by atoms with Gasteiger partial charge in [-0.1, -0.05) is 35.5 Å². The minimum atomic E-state index is -0.339. The zero-order chi connectivity index (χ0) is 21.6. The van der Waals surface area contributed by atoms with Crippen LogP contribution in [0, 0.1) is 13.8 Å². The van der Waals surface area contributed by atoms with Gasteiger partial charge >= 0.3 is 0 Å². The number of benzene rings is 1. The van der Waals surface area contributed by atoms with Crippen molar-refractivity contribution < 1.29 is 18.8 Å². The molecule has 2 aromatic rings. The Kier molecular flexibility index (Phi) is 5.06. The van der Waals surface area contributed by atoms with Crippen LogP contribution in [-0.2, 0) is 16.1 Å². The Morgan fingerprint density at radius 1 is 1.16 bits per heavy atom. The number of rotatable bonds is 3. The summed E-state index contributed by atoms with van der Waals surface area (Å²) >= 11 is 0. The van der Waals surface area contributed by atoms with Crippen LogP contribution in [0.3, 0.4) is 0 Å². The van der Waals surface area contributed by atoms with Gasteiger partial charge in [-0.2, -0.15) is 0 Å². The van der Waals surface area contributed by atoms with E-state index in [4.69, 9.17) is 9.26 Å². The van der Waals surface area contributed by atoms with Crippen molar-refractivity contribution in [2.24, 2.45) is 0 Å². The number of carbonyl (C=O) groups is 2. The predicted octanol–water partition coefficient (Wildman–Crippen LogP) is 1.97. The van der Waals surface area contributed by atoms with Gasteiger partial charge in [-0.25, -0.2) is 0 Å². The van der Waals surface area contributed by atoms with Gasteiger partial charge in [0.25, 0.3) is 5.91 Å². The van der Waals surface area contributed by atoms with E-state index in [2.05, 4.69) is 22.2 Å². The lowest BCUT2D eigenvalue weighted by atomic mass is 9.96. The number of aromatic nitrogens is 1. The Morgan fingerprint density at radius 3 is 2.58 bits per heavy atom. The second-order valence-electron chi connectivity index (χ2n) is 8.66. The van der Waals surface area contributed by atoms with E-state index in [9.17, 15) is 9.59 Å². The topological polar surface area (TPSA) is 79.1 Å². The molecule has 1 aromatic heterocycles. The summed E-state index contributed by atoms with van der Waals surface area (Å²) in [4.78, 5) is 33.0. The average Bonchev–Trinajstić information content (AvgIpc) is 3.24. The first kappa shape index (κ1) is 20.2. The molecule has 31 heavy (non-hydrogen) atoms. The second-order valence-corrected chi connectivity index (χ2v) is 8.66. The van der Waals surface area contributed by atoms with Crippen LogP contribution in [0.1, 0.15) is 40.2 Å². The maximum absolute atomic E-state index is 13.7. The highest BCUT2D eigenvalue weighted by molar-refractivity contribution is 5.97. The monoisotopic (exact) mass is 424 g/mol. The number of amides is 2. The molecule has 0 radical (unpaired) electrons. The number of piperazine rings is 1. The molecule has 1 atom stereocenters. The maximum Gasteiger partial charge on any atom is 0.259 e. The van der Waals surface area contributed by atoms with Gasteiger partial charge in [0.15, 0.2) is 0 Å². The lowest BCUT2D eigenvalue weighted by Gasteiger charge is -2.49. The van der Waals surface area contributed by atoms with Crippen molar-refractivity contribution >= 4 is 11.8 Å². The molecule has 164 valence electrons. The van der Waals surface area contributed by atoms with Crippen LogP contribution in [0.4, 0.5) is 0 Å². The van der Waals surface area contributed by atoms with Gasteiger partial charge in [-0.3, -0.25) is 14.5 Å². The molecule has 0 N–H and O–H groups in total. The smallest absolute Gasteiger partial charge is 0.259 e. The van der Waals surface area contributed by atoms with Crippen LogP contribution in [0.15, 0.2) is 34.9 Å². The van der Waals surface area contributed by atoms with Crippen molar-refractivity contribution in [3.63, 3.8) is 0 Å². The van der Waals surface area contributed by atoms with Crippen LogP contribution < -0.4 is 0 Å². The van der Waals surface area contributed by atoms with Gasteiger partial charge in [-0.05, 0) is 19.4 Å². The lowest BCUT2D eigenvalue weighted by molar-refractivity contribution is -0.137. The number of fused-ring (bicyclic) bond motifs is 2. The van der Waals surface area contributed by atoms with Crippen molar-refractivity contribution in [1.82, 2.24) is 19.9 Å². The zero-order valence-corrected chi connectivity index (χ0v) is 18.0. The van der Waals surface area contributed by atoms with E-state index >= 15 is 0 Å². The Labute approximate surface area is 181 Å². The summed E-state index contributed by atoms with van der Waals surface area (Å²) in [7, 11) is 0. The van der Waals surface area contributed by atoms with E-state index in [-0.39, 0.29) is 23.5 Å². The number of nitrogens with zero attached hydrogens (tertiary/aromatic N) is 4. The van der Waals surface area contributed by atoms with E-state index in [0.717, 1.165) is 18.4 Å². The SMILES string of the molecule is Cc1noc(C)c1C(=O)N1CCN2[C@H](C1)C(=O)N(Cc1ccccc1)C21CCOCC1. The molecular formula is C23H28N4O4. The number of ether oxygens (including phenoxy) is 1. The highest BCUT2D eigenvalue weighted by Crippen LogP contribution is 2.42. The van der Waals surface area contributed by atoms with E-state index in [0.29, 0.717) is 56.4 Å². The molecule has 5 rings (SSSR count). The summed E-state index contributed by atoms with van der Waals surface area (Å²) < 4.78 is 10.8. The van der Waals surface area contributed by atoms with Crippen molar-refractivity contribution in [2.45, 2.75) is 44.9 Å². The van der Waals surface area contributed by atoms with E-state index in [1.807, 2.05) is 23.1 Å². The first-order chi connectivity index (χ1) is 15.0. The normalized spacial score (nSPS) is 23.4. The van der Waals surface area contributed by atoms with E-state index in [1.54, 1.807) is 18.7 Å². The van der Waals surface area contributed by atoms with E-state index in [1.165, 1.54) is 0 Å². The summed E-state index contributed by atoms with van der Waals surface area (Å²) in [5, 5.41) is 3.92. The third-order valence-corrected chi connectivity index (χ3v) is 6.98. The second kappa shape index (κ2) is 7.76. The molecule has 1 aromatic carbocycles. The molecule has 8 heteroatoms. The molecular weight excluding hydrogens is 396 g/mol. The van der Waals surface area contributed by atoms with Crippen LogP contribution in [0.2, 0.25) is 0 Å². The molecule has 4 heterocycles. The lowest BCUT2D eigenvalue weighted by Crippen LogP contribution is -2.62. The number of carbonyl (C=O) groups excluding carboxylic acids is 2. The van der Waals surface area contributed by atoms with E-state index < -0.39 is 0 Å². The standard InChI is InChI=1S/C23H28N4O4/c1-16-20(17(2)31-24-16)22(29)25-10-11-26-19(15-25)21(28)27(14-18-6-4-3-5-7-18)23(26)8-12-30-13-9-23/h3-7,19H,8-15H2,1-2H3/t19-/m1/s1. The van der Waals surface area contributed by atoms with Crippen molar-refractivity contribution in [2.75, 3.05) is 32.8 Å². The summed E-state index contributed by atoms with van der Waals surface area (Å²) in [6.45, 7) is 7.01. The largest absolute Gasteiger partial charge is 0.381 e. The van der Waals surface area contributed by atoms with Gasteiger partial charge in [0.1, 0.15) is 23.0 Å². The highest BCUT2D eigenvalue weighted by atomic mass is 16.5. The third kappa shape index (κ3) is 3.25. The fourth-order valence-electron chi connectivity index (χ4n) is 5.41. The molecule has 3 aliphatic rings. The molecule has 0 saturated carbocycles. The van der Waals surface area contributed by atoms with Crippen molar-refractivity contribution in [1.29, 1.82) is 0 Å². The zero-order valence-electron chi connectivity index (χ0n) is 18.0. The molecule has 3 fully saturated rings. The summed E-state index contributed by atoms with van der Waals surface area (Å²) in [5.41, 5.74) is 1.88. The Hall–Kier alpha value is -2.71. The van der Waals surface area contributed by atoms with Crippen LogP contribution >= 0.6 is 0 Å². The van der Waals surface area contributed by atoms with Gasteiger partial charge < -0.3 is 19.1 Å². The first-order valence-electron chi connectivity index (χ1n) is 10.9. The summed E-state index contributed by atoms with van der Waals surface area (Å²) in [6, 6.07) is 9.78. The maximum atomic E-state index is 13.7.